The third-order valence-corrected chi connectivity index (χ3v) is 6.67. The number of carbonyl (C=O) groups excluding carboxylic acids is 2. The summed E-state index contributed by atoms with van der Waals surface area (Å²) in [5.74, 6) is -1.77. The van der Waals surface area contributed by atoms with Crippen molar-refractivity contribution < 1.29 is 24.2 Å². The molecule has 13 heteroatoms. The molecule has 0 aromatic carbocycles. The van der Waals surface area contributed by atoms with Gasteiger partial charge in [0.05, 0.1) is 23.5 Å². The molecule has 1 aliphatic rings. The molecule has 174 valence electrons. The molecule has 4 N–H and O–H groups in total. The van der Waals surface area contributed by atoms with Gasteiger partial charge >= 0.3 is 5.97 Å². The van der Waals surface area contributed by atoms with Crippen molar-refractivity contribution in [3.05, 3.63) is 27.2 Å². The lowest BCUT2D eigenvalue weighted by atomic mass is 10.0. The van der Waals surface area contributed by atoms with Gasteiger partial charge in [0.1, 0.15) is 11.4 Å². The van der Waals surface area contributed by atoms with Crippen molar-refractivity contribution in [3.8, 4) is 0 Å². The summed E-state index contributed by atoms with van der Waals surface area (Å²) in [6.07, 6.45) is 0.928. The largest absolute Gasteiger partial charge is 0.480 e. The van der Waals surface area contributed by atoms with Crippen LogP contribution in [0.3, 0.4) is 0 Å². The third kappa shape index (κ3) is 5.37. The zero-order valence-corrected chi connectivity index (χ0v) is 19.5. The second-order valence-corrected chi connectivity index (χ2v) is 8.62. The maximum Gasteiger partial charge on any atom is 0.322 e. The summed E-state index contributed by atoms with van der Waals surface area (Å²) in [6, 6.07) is -0.239. The number of nitrogens with one attached hydrogen (secondary N) is 3. The first-order chi connectivity index (χ1) is 15.2. The van der Waals surface area contributed by atoms with Gasteiger partial charge in [-0.2, -0.15) is 0 Å². The van der Waals surface area contributed by atoms with Crippen molar-refractivity contribution in [3.63, 3.8) is 0 Å². The number of aromatic nitrogens is 3. The van der Waals surface area contributed by atoms with Gasteiger partial charge in [-0.05, 0) is 19.8 Å². The first-order valence-electron chi connectivity index (χ1n) is 10.0. The van der Waals surface area contributed by atoms with Crippen LogP contribution in [0.1, 0.15) is 45.0 Å². The number of carboxylic acid groups (broad SMARTS) is 1. The van der Waals surface area contributed by atoms with Gasteiger partial charge in [0.2, 0.25) is 0 Å². The van der Waals surface area contributed by atoms with Crippen LogP contribution in [0, 0.1) is 6.92 Å². The zero-order chi connectivity index (χ0) is 23.4. The fourth-order valence-corrected chi connectivity index (χ4v) is 4.71. The maximum absolute atomic E-state index is 12.6. The highest BCUT2D eigenvalue weighted by Crippen LogP contribution is 2.29. The van der Waals surface area contributed by atoms with Gasteiger partial charge < -0.3 is 30.4 Å². The summed E-state index contributed by atoms with van der Waals surface area (Å²) in [5, 5.41) is 15.0. The number of rotatable bonds is 8. The van der Waals surface area contributed by atoms with E-state index in [0.29, 0.717) is 47.3 Å². The average molecular weight is 485 g/mol. The Bertz CT molecular complexity index is 1010. The van der Waals surface area contributed by atoms with E-state index in [1.165, 1.54) is 11.3 Å². The highest BCUT2D eigenvalue weighted by molar-refractivity contribution is 7.17. The molecule has 32 heavy (non-hydrogen) atoms. The van der Waals surface area contributed by atoms with Crippen LogP contribution < -0.4 is 15.5 Å². The first kappa shape index (κ1) is 24.0. The Morgan fingerprint density at radius 2 is 2.09 bits per heavy atom. The highest BCUT2D eigenvalue weighted by atomic mass is 35.5. The third-order valence-electron chi connectivity index (χ3n) is 5.14. The van der Waals surface area contributed by atoms with Crippen LogP contribution in [0.4, 0.5) is 5.13 Å². The van der Waals surface area contributed by atoms with Crippen molar-refractivity contribution in [1.29, 1.82) is 0 Å². The first-order valence-corrected chi connectivity index (χ1v) is 11.2. The summed E-state index contributed by atoms with van der Waals surface area (Å²) >= 11 is 7.22. The Morgan fingerprint density at radius 1 is 1.34 bits per heavy atom. The molecule has 2 atom stereocenters. The number of piperidine rings is 1. The molecule has 2 amide bonds. The number of aryl methyl sites for hydroxylation is 2. The molecule has 0 bridgehead atoms. The number of hydrogen-bond donors (Lipinski definition) is 4. The molecular weight excluding hydrogens is 460 g/mol. The topological polar surface area (TPSA) is 150 Å². The highest BCUT2D eigenvalue weighted by Gasteiger charge is 2.33. The SMILES string of the molecule is CCc1[nH]c(C(=O)N[C@@H]2CCN(c3nc(C)c(C(=O)NCC(=O)O)s3)C[C@@H]2OC)nc1Cl. The fourth-order valence-electron chi connectivity index (χ4n) is 3.43. The van der Waals surface area contributed by atoms with Crippen LogP contribution in [0.5, 0.6) is 0 Å². The molecule has 3 rings (SSSR count). The number of aliphatic carboxylic acids is 1. The minimum Gasteiger partial charge on any atom is -0.480 e. The van der Waals surface area contributed by atoms with Crippen LogP contribution >= 0.6 is 22.9 Å². The van der Waals surface area contributed by atoms with Crippen molar-refractivity contribution in [2.24, 2.45) is 0 Å². The molecule has 0 radical (unpaired) electrons. The molecule has 2 aromatic rings. The van der Waals surface area contributed by atoms with E-state index in [1.807, 2.05) is 11.8 Å². The van der Waals surface area contributed by atoms with Crippen molar-refractivity contribution >= 4 is 45.9 Å². The van der Waals surface area contributed by atoms with Gasteiger partial charge in [0.25, 0.3) is 11.8 Å². The lowest BCUT2D eigenvalue weighted by Gasteiger charge is -2.37. The van der Waals surface area contributed by atoms with Gasteiger partial charge in [-0.15, -0.1) is 0 Å². The number of anilines is 1. The second kappa shape index (κ2) is 10.3. The molecule has 2 aromatic heterocycles. The van der Waals surface area contributed by atoms with E-state index < -0.39 is 18.4 Å². The lowest BCUT2D eigenvalue weighted by Crippen LogP contribution is -2.55. The Balaban J connectivity index is 1.65. The monoisotopic (exact) mass is 484 g/mol. The van der Waals surface area contributed by atoms with Gasteiger partial charge in [0.15, 0.2) is 16.1 Å². The Hall–Kier alpha value is -2.70. The van der Waals surface area contributed by atoms with Crippen LogP contribution in [-0.2, 0) is 16.0 Å². The van der Waals surface area contributed by atoms with Crippen LogP contribution in [0.15, 0.2) is 0 Å². The summed E-state index contributed by atoms with van der Waals surface area (Å²) in [5.41, 5.74) is 1.23. The van der Waals surface area contributed by atoms with E-state index in [9.17, 15) is 14.4 Å². The molecule has 0 saturated carbocycles. The van der Waals surface area contributed by atoms with Crippen molar-refractivity contribution in [1.82, 2.24) is 25.6 Å². The number of methoxy groups -OCH3 is 1. The lowest BCUT2D eigenvalue weighted by molar-refractivity contribution is -0.135. The summed E-state index contributed by atoms with van der Waals surface area (Å²) in [7, 11) is 1.57. The number of hydrogen-bond acceptors (Lipinski definition) is 8. The molecule has 11 nitrogen and oxygen atoms in total. The number of halogens is 1. The molecule has 1 saturated heterocycles. The molecule has 1 fully saturated rings. The van der Waals surface area contributed by atoms with Gasteiger partial charge in [-0.3, -0.25) is 14.4 Å². The molecule has 0 aliphatic carbocycles. The summed E-state index contributed by atoms with van der Waals surface area (Å²) in [4.78, 5) is 49.4. The second-order valence-electron chi connectivity index (χ2n) is 7.28. The fraction of sp³-hybridized carbons (Fsp3) is 0.526. The van der Waals surface area contributed by atoms with Crippen LogP contribution in [-0.4, -0.2) is 76.7 Å². The molecule has 3 heterocycles. The quantitative estimate of drug-likeness (QED) is 0.437. The number of ether oxygens (including phenoxy) is 1. The summed E-state index contributed by atoms with van der Waals surface area (Å²) in [6.45, 7) is 4.22. The van der Waals surface area contributed by atoms with Crippen molar-refractivity contribution in [2.45, 2.75) is 38.8 Å². The molecule has 1 aliphatic heterocycles. The van der Waals surface area contributed by atoms with E-state index in [1.54, 1.807) is 14.0 Å². The van der Waals surface area contributed by atoms with Gasteiger partial charge in [0, 0.05) is 20.2 Å². The van der Waals surface area contributed by atoms with E-state index >= 15 is 0 Å². The Kier molecular flexibility index (Phi) is 7.69. The van der Waals surface area contributed by atoms with Crippen molar-refractivity contribution in [2.75, 3.05) is 31.6 Å². The minimum atomic E-state index is -1.12. The number of carboxylic acids is 1. The number of nitrogens with zero attached hydrogens (tertiary/aromatic N) is 3. The predicted molar refractivity (Wildman–Crippen MR) is 119 cm³/mol. The zero-order valence-electron chi connectivity index (χ0n) is 17.9. The standard InChI is InChI=1S/C19H25ClN6O5S/c1-4-10-15(20)25-16(23-10)18(30)24-11-5-6-26(8-12(11)31-3)19-22-9(2)14(32-19)17(29)21-7-13(27)28/h11-12H,4-8H2,1-3H3,(H,21,29)(H,23,25)(H,24,30)(H,27,28)/t11-,12+/m1/s1. The summed E-state index contributed by atoms with van der Waals surface area (Å²) < 4.78 is 5.61. The minimum absolute atomic E-state index is 0.164. The molecule has 0 spiro atoms. The number of aromatic amines is 1. The maximum atomic E-state index is 12.6. The number of carbonyl (C=O) groups is 3. The average Bonchev–Trinajstić information content (AvgIpc) is 3.34. The van der Waals surface area contributed by atoms with E-state index in [2.05, 4.69) is 25.6 Å². The Morgan fingerprint density at radius 3 is 2.72 bits per heavy atom. The van der Waals surface area contributed by atoms with Crippen LogP contribution in [0.25, 0.3) is 0 Å². The van der Waals surface area contributed by atoms with E-state index in [-0.39, 0.29) is 29.0 Å². The van der Waals surface area contributed by atoms with Gasteiger partial charge in [-0.1, -0.05) is 29.9 Å². The predicted octanol–water partition coefficient (Wildman–Crippen LogP) is 1.23. The van der Waals surface area contributed by atoms with Crippen LogP contribution in [0.2, 0.25) is 5.15 Å². The Labute approximate surface area is 193 Å². The van der Waals surface area contributed by atoms with E-state index in [0.717, 1.165) is 0 Å². The smallest absolute Gasteiger partial charge is 0.322 e. The number of H-pyrrole nitrogens is 1. The normalized spacial score (nSPS) is 18.4. The number of imidazole rings is 1. The van der Waals surface area contributed by atoms with E-state index in [4.69, 9.17) is 21.4 Å². The molecular formula is C19H25ClN6O5S. The molecule has 0 unspecified atom stereocenters. The number of amides is 2. The van der Waals surface area contributed by atoms with Gasteiger partial charge in [-0.25, -0.2) is 9.97 Å². The number of thiazole rings is 1.